The number of aryl methyl sites for hydroxylation is 1. The molecule has 1 aromatic rings. The predicted octanol–water partition coefficient (Wildman–Crippen LogP) is 5.38. The molecule has 2 heteroatoms. The van der Waals surface area contributed by atoms with E-state index in [1.54, 1.807) is 0 Å². The quantitative estimate of drug-likeness (QED) is 0.770. The van der Waals surface area contributed by atoms with Crippen molar-refractivity contribution >= 4 is 21.6 Å². The zero-order chi connectivity index (χ0) is 13.8. The molecule has 2 aliphatic rings. The molecule has 2 bridgehead atoms. The molecule has 0 aromatic heterocycles. The topological polar surface area (TPSA) is 12.0 Å². The fraction of sp³-hybridized carbons (Fsp3) is 0.647. The molecule has 104 valence electrons. The van der Waals surface area contributed by atoms with E-state index in [-0.39, 0.29) is 0 Å². The van der Waals surface area contributed by atoms with Gasteiger partial charge >= 0.3 is 0 Å². The van der Waals surface area contributed by atoms with Crippen molar-refractivity contribution in [3.8, 4) is 0 Å². The van der Waals surface area contributed by atoms with E-state index in [1.165, 1.54) is 35.0 Å². The van der Waals surface area contributed by atoms with Gasteiger partial charge < -0.3 is 5.32 Å². The third kappa shape index (κ3) is 2.03. The smallest absolute Gasteiger partial charge is 0.0487 e. The Kier molecular flexibility index (Phi) is 3.01. The minimum absolute atomic E-state index is 0.400. The van der Waals surface area contributed by atoms with Crippen LogP contribution in [-0.4, -0.2) is 6.04 Å². The number of anilines is 1. The Hall–Kier alpha value is -0.500. The first-order chi connectivity index (χ1) is 8.83. The summed E-state index contributed by atoms with van der Waals surface area (Å²) in [6.45, 7) is 9.50. The summed E-state index contributed by atoms with van der Waals surface area (Å²) in [6, 6.07) is 7.18. The number of rotatable bonds is 2. The highest BCUT2D eigenvalue weighted by atomic mass is 79.9. The van der Waals surface area contributed by atoms with Gasteiger partial charge in [-0.3, -0.25) is 0 Å². The number of halogens is 1. The van der Waals surface area contributed by atoms with Crippen molar-refractivity contribution in [2.45, 2.75) is 53.0 Å². The molecule has 1 unspecified atom stereocenters. The number of nitrogens with one attached hydrogen (secondary N) is 1. The van der Waals surface area contributed by atoms with Gasteiger partial charge in [-0.15, -0.1) is 0 Å². The van der Waals surface area contributed by atoms with E-state index in [4.69, 9.17) is 0 Å². The third-order valence-electron chi connectivity index (χ3n) is 5.69. The van der Waals surface area contributed by atoms with Crippen molar-refractivity contribution in [3.63, 3.8) is 0 Å². The molecule has 2 fully saturated rings. The summed E-state index contributed by atoms with van der Waals surface area (Å²) in [5, 5.41) is 3.85. The first-order valence-corrected chi connectivity index (χ1v) is 8.15. The highest BCUT2D eigenvalue weighted by Crippen LogP contribution is 2.63. The maximum absolute atomic E-state index is 3.85. The molecule has 1 aromatic carbocycles. The second-order valence-electron chi connectivity index (χ2n) is 7.48. The Morgan fingerprint density at radius 3 is 2.58 bits per heavy atom. The van der Waals surface area contributed by atoms with Gasteiger partial charge in [0.1, 0.15) is 0 Å². The van der Waals surface area contributed by atoms with Crippen molar-refractivity contribution in [2.24, 2.45) is 16.7 Å². The van der Waals surface area contributed by atoms with Crippen LogP contribution in [0.15, 0.2) is 22.7 Å². The molecule has 1 nitrogen and oxygen atoms in total. The van der Waals surface area contributed by atoms with E-state index in [0.29, 0.717) is 16.9 Å². The standard InChI is InChI=1S/C17H24BrN/c1-11-5-6-14(13(18)9-11)19-15-16(2,3)12-7-8-17(15,4)10-12/h5-6,9,12,15,19H,7-8,10H2,1-4H3/t12-,15?,17+/m0/s1. The molecule has 0 heterocycles. The molecular weight excluding hydrogens is 298 g/mol. The predicted molar refractivity (Wildman–Crippen MR) is 85.5 cm³/mol. The zero-order valence-corrected chi connectivity index (χ0v) is 14.0. The van der Waals surface area contributed by atoms with E-state index in [9.17, 15) is 0 Å². The number of hydrogen-bond donors (Lipinski definition) is 1. The second kappa shape index (κ2) is 4.25. The Labute approximate surface area is 125 Å². The van der Waals surface area contributed by atoms with Crippen LogP contribution in [0, 0.1) is 23.7 Å². The van der Waals surface area contributed by atoms with Gasteiger partial charge in [0, 0.05) is 16.2 Å². The van der Waals surface area contributed by atoms with Crippen LogP contribution in [0.1, 0.15) is 45.6 Å². The van der Waals surface area contributed by atoms with Gasteiger partial charge in [-0.2, -0.15) is 0 Å². The lowest BCUT2D eigenvalue weighted by Crippen LogP contribution is -2.45. The van der Waals surface area contributed by atoms with Gasteiger partial charge in [-0.25, -0.2) is 0 Å². The summed E-state index contributed by atoms with van der Waals surface area (Å²) in [4.78, 5) is 0. The zero-order valence-electron chi connectivity index (χ0n) is 12.4. The van der Waals surface area contributed by atoms with Crippen LogP contribution in [0.25, 0.3) is 0 Å². The molecule has 19 heavy (non-hydrogen) atoms. The van der Waals surface area contributed by atoms with Crippen molar-refractivity contribution in [3.05, 3.63) is 28.2 Å². The monoisotopic (exact) mass is 321 g/mol. The minimum atomic E-state index is 0.400. The van der Waals surface area contributed by atoms with Crippen LogP contribution in [0.4, 0.5) is 5.69 Å². The van der Waals surface area contributed by atoms with Gasteiger partial charge in [-0.1, -0.05) is 26.8 Å². The van der Waals surface area contributed by atoms with Gasteiger partial charge in [0.15, 0.2) is 0 Å². The lowest BCUT2D eigenvalue weighted by atomic mass is 9.68. The molecule has 2 saturated carbocycles. The summed E-state index contributed by atoms with van der Waals surface area (Å²) in [5.41, 5.74) is 3.42. The van der Waals surface area contributed by atoms with Gasteiger partial charge in [0.25, 0.3) is 0 Å². The number of hydrogen-bond acceptors (Lipinski definition) is 1. The minimum Gasteiger partial charge on any atom is -0.380 e. The fourth-order valence-electron chi connectivity index (χ4n) is 4.55. The van der Waals surface area contributed by atoms with Crippen molar-refractivity contribution in [1.82, 2.24) is 0 Å². The molecule has 0 radical (unpaired) electrons. The van der Waals surface area contributed by atoms with Crippen LogP contribution >= 0.6 is 15.9 Å². The van der Waals surface area contributed by atoms with Crippen LogP contribution in [0.2, 0.25) is 0 Å². The molecule has 2 aliphatic carbocycles. The Morgan fingerprint density at radius 1 is 1.26 bits per heavy atom. The average Bonchev–Trinajstić information content (AvgIpc) is 2.78. The molecular formula is C17H24BrN. The van der Waals surface area contributed by atoms with Crippen molar-refractivity contribution < 1.29 is 0 Å². The fourth-order valence-corrected chi connectivity index (χ4v) is 5.16. The molecule has 0 amide bonds. The van der Waals surface area contributed by atoms with Gasteiger partial charge in [0.2, 0.25) is 0 Å². The number of fused-ring (bicyclic) bond motifs is 2. The highest BCUT2D eigenvalue weighted by Gasteiger charge is 2.59. The third-order valence-corrected chi connectivity index (χ3v) is 6.35. The lowest BCUT2D eigenvalue weighted by molar-refractivity contribution is 0.155. The summed E-state index contributed by atoms with van der Waals surface area (Å²) in [5.74, 6) is 0.888. The maximum Gasteiger partial charge on any atom is 0.0487 e. The molecule has 1 N–H and O–H groups in total. The molecule has 3 atom stereocenters. The summed E-state index contributed by atoms with van der Waals surface area (Å²) in [6.07, 6.45) is 4.18. The van der Waals surface area contributed by atoms with E-state index < -0.39 is 0 Å². The highest BCUT2D eigenvalue weighted by molar-refractivity contribution is 9.10. The normalized spacial score (nSPS) is 35.6. The largest absolute Gasteiger partial charge is 0.380 e. The van der Waals surface area contributed by atoms with E-state index in [0.717, 1.165) is 5.92 Å². The van der Waals surface area contributed by atoms with Crippen LogP contribution in [0.5, 0.6) is 0 Å². The van der Waals surface area contributed by atoms with Crippen LogP contribution < -0.4 is 5.32 Å². The van der Waals surface area contributed by atoms with Crippen LogP contribution in [0.3, 0.4) is 0 Å². The molecule has 0 spiro atoms. The van der Waals surface area contributed by atoms with Gasteiger partial charge in [-0.05, 0) is 76.6 Å². The Bertz CT molecular complexity index is 503. The maximum atomic E-state index is 3.85. The van der Waals surface area contributed by atoms with Crippen molar-refractivity contribution in [2.75, 3.05) is 5.32 Å². The summed E-state index contributed by atoms with van der Waals surface area (Å²) < 4.78 is 1.19. The summed E-state index contributed by atoms with van der Waals surface area (Å²) >= 11 is 3.70. The second-order valence-corrected chi connectivity index (χ2v) is 8.33. The van der Waals surface area contributed by atoms with Gasteiger partial charge in [0.05, 0.1) is 0 Å². The van der Waals surface area contributed by atoms with Crippen LogP contribution in [-0.2, 0) is 0 Å². The van der Waals surface area contributed by atoms with E-state index in [1.807, 2.05) is 0 Å². The molecule has 0 aliphatic heterocycles. The van der Waals surface area contributed by atoms with E-state index in [2.05, 4.69) is 67.1 Å². The van der Waals surface area contributed by atoms with E-state index >= 15 is 0 Å². The first-order valence-electron chi connectivity index (χ1n) is 7.36. The molecule has 0 saturated heterocycles. The lowest BCUT2D eigenvalue weighted by Gasteiger charge is -2.43. The number of benzene rings is 1. The first kappa shape index (κ1) is 13.5. The SMILES string of the molecule is Cc1ccc(NC2C(C)(C)[C@H]3CC[C@]2(C)C3)c(Br)c1. The average molecular weight is 322 g/mol. The summed E-state index contributed by atoms with van der Waals surface area (Å²) in [7, 11) is 0. The Morgan fingerprint density at radius 2 is 2.00 bits per heavy atom. The Balaban J connectivity index is 1.90. The molecule has 3 rings (SSSR count). The van der Waals surface area contributed by atoms with Crippen molar-refractivity contribution in [1.29, 1.82) is 0 Å².